The maximum Gasteiger partial charge on any atom is 0.275 e. The highest BCUT2D eigenvalue weighted by Gasteiger charge is 2.16. The average Bonchev–Trinajstić information content (AvgIpc) is 2.69. The lowest BCUT2D eigenvalue weighted by atomic mass is 10.1. The monoisotopic (exact) mass is 367 g/mol. The first-order chi connectivity index (χ1) is 13.0. The summed E-state index contributed by atoms with van der Waals surface area (Å²) in [4.78, 5) is 24.9. The summed E-state index contributed by atoms with van der Waals surface area (Å²) in [5.41, 5.74) is 0.517. The van der Waals surface area contributed by atoms with Crippen LogP contribution in [0.25, 0.3) is 10.8 Å². The Morgan fingerprint density at radius 1 is 1.19 bits per heavy atom. The normalized spacial score (nSPS) is 11.8. The fraction of sp³-hybridized carbons (Fsp3) is 0.250. The molecular weight excluding hydrogens is 346 g/mol. The molecule has 1 amide bonds. The Hall–Kier alpha value is -3.35. The molecule has 0 saturated heterocycles. The topological polar surface area (TPSA) is 82.5 Å². The Morgan fingerprint density at radius 3 is 2.70 bits per heavy atom. The van der Waals surface area contributed by atoms with Crippen LogP contribution >= 0.6 is 0 Å². The van der Waals surface area contributed by atoms with E-state index in [9.17, 15) is 9.59 Å². The summed E-state index contributed by atoms with van der Waals surface area (Å²) in [5, 5.41) is 8.24. The Morgan fingerprint density at radius 2 is 1.96 bits per heavy atom. The van der Waals surface area contributed by atoms with E-state index in [0.717, 1.165) is 15.6 Å². The smallest absolute Gasteiger partial charge is 0.275 e. The van der Waals surface area contributed by atoms with Crippen molar-refractivity contribution in [2.75, 3.05) is 14.2 Å². The van der Waals surface area contributed by atoms with E-state index in [-0.39, 0.29) is 24.1 Å². The van der Waals surface area contributed by atoms with E-state index in [4.69, 9.17) is 9.47 Å². The first kappa shape index (κ1) is 18.4. The van der Waals surface area contributed by atoms with E-state index in [1.807, 2.05) is 25.1 Å². The number of methoxy groups -OCH3 is 2. The second-order valence-corrected chi connectivity index (χ2v) is 6.09. The summed E-state index contributed by atoms with van der Waals surface area (Å²) in [7, 11) is 3.14. The molecule has 0 fully saturated rings. The highest BCUT2D eigenvalue weighted by Crippen LogP contribution is 2.29. The molecule has 1 heterocycles. The first-order valence-corrected chi connectivity index (χ1v) is 8.49. The molecular formula is C20H21N3O4. The van der Waals surface area contributed by atoms with Gasteiger partial charge in [-0.05, 0) is 25.1 Å². The van der Waals surface area contributed by atoms with Crippen molar-refractivity contribution in [2.24, 2.45) is 0 Å². The fourth-order valence-corrected chi connectivity index (χ4v) is 2.92. The molecule has 1 aromatic heterocycles. The minimum absolute atomic E-state index is 0.160. The van der Waals surface area contributed by atoms with Gasteiger partial charge in [0.2, 0.25) is 5.91 Å². The van der Waals surface area contributed by atoms with Crippen LogP contribution in [-0.4, -0.2) is 29.9 Å². The van der Waals surface area contributed by atoms with Gasteiger partial charge < -0.3 is 14.8 Å². The highest BCUT2D eigenvalue weighted by molar-refractivity contribution is 5.81. The zero-order valence-electron chi connectivity index (χ0n) is 15.4. The van der Waals surface area contributed by atoms with Crippen LogP contribution in [-0.2, 0) is 11.3 Å². The summed E-state index contributed by atoms with van der Waals surface area (Å²) in [6.07, 6.45) is 1.58. The van der Waals surface area contributed by atoms with Crippen molar-refractivity contribution in [1.29, 1.82) is 0 Å². The minimum atomic E-state index is -0.315. The lowest BCUT2D eigenvalue weighted by Gasteiger charge is -2.18. The number of hydrogen-bond acceptors (Lipinski definition) is 5. The average molecular weight is 367 g/mol. The molecule has 1 atom stereocenters. The van der Waals surface area contributed by atoms with Crippen molar-refractivity contribution >= 4 is 16.7 Å². The number of aromatic nitrogens is 2. The summed E-state index contributed by atoms with van der Waals surface area (Å²) >= 11 is 0. The second kappa shape index (κ2) is 7.90. The highest BCUT2D eigenvalue weighted by atomic mass is 16.5. The number of nitrogens with zero attached hydrogens (tertiary/aromatic N) is 2. The number of rotatable bonds is 6. The first-order valence-electron chi connectivity index (χ1n) is 8.49. The molecule has 27 heavy (non-hydrogen) atoms. The molecule has 7 nitrogen and oxygen atoms in total. The van der Waals surface area contributed by atoms with Crippen molar-refractivity contribution in [2.45, 2.75) is 19.5 Å². The van der Waals surface area contributed by atoms with Crippen LogP contribution in [0.2, 0.25) is 0 Å². The van der Waals surface area contributed by atoms with Crippen LogP contribution in [0.3, 0.4) is 0 Å². The van der Waals surface area contributed by atoms with Gasteiger partial charge in [0.25, 0.3) is 5.56 Å². The summed E-state index contributed by atoms with van der Waals surface area (Å²) in [6, 6.07) is 12.2. The quantitative estimate of drug-likeness (QED) is 0.723. The van der Waals surface area contributed by atoms with Gasteiger partial charge in [0.05, 0.1) is 31.8 Å². The number of hydrogen-bond donors (Lipinski definition) is 1. The third-order valence-corrected chi connectivity index (χ3v) is 4.34. The summed E-state index contributed by atoms with van der Waals surface area (Å²) in [6.45, 7) is 1.69. The minimum Gasteiger partial charge on any atom is -0.497 e. The van der Waals surface area contributed by atoms with E-state index in [1.165, 1.54) is 0 Å². The van der Waals surface area contributed by atoms with E-state index < -0.39 is 0 Å². The molecule has 0 aliphatic heterocycles. The lowest BCUT2D eigenvalue weighted by Crippen LogP contribution is -2.35. The molecule has 140 valence electrons. The van der Waals surface area contributed by atoms with Gasteiger partial charge in [0, 0.05) is 17.0 Å². The van der Waals surface area contributed by atoms with Gasteiger partial charge in [0.1, 0.15) is 18.0 Å². The molecule has 1 N–H and O–H groups in total. The number of benzene rings is 2. The van der Waals surface area contributed by atoms with Gasteiger partial charge in [0.15, 0.2) is 0 Å². The molecule has 0 spiro atoms. The van der Waals surface area contributed by atoms with E-state index in [1.54, 1.807) is 44.7 Å². The zero-order chi connectivity index (χ0) is 19.4. The van der Waals surface area contributed by atoms with Gasteiger partial charge in [-0.3, -0.25) is 9.59 Å². The SMILES string of the molecule is COc1ccc(C(C)NC(=O)Cn2ncc3ccccc3c2=O)c(OC)c1. The summed E-state index contributed by atoms with van der Waals surface area (Å²) < 4.78 is 11.7. The van der Waals surface area contributed by atoms with E-state index >= 15 is 0 Å². The van der Waals surface area contributed by atoms with Gasteiger partial charge in [-0.15, -0.1) is 0 Å². The van der Waals surface area contributed by atoms with Crippen LogP contribution in [0.1, 0.15) is 18.5 Å². The van der Waals surface area contributed by atoms with Crippen molar-refractivity contribution in [1.82, 2.24) is 15.1 Å². The maximum atomic E-state index is 12.5. The molecule has 0 saturated carbocycles. The molecule has 0 aliphatic carbocycles. The van der Waals surface area contributed by atoms with Crippen LogP contribution in [0.5, 0.6) is 11.5 Å². The van der Waals surface area contributed by atoms with Crippen LogP contribution < -0.4 is 20.3 Å². The number of carbonyl (C=O) groups excluding carboxylic acids is 1. The lowest BCUT2D eigenvalue weighted by molar-refractivity contribution is -0.122. The Labute approximate surface area is 156 Å². The van der Waals surface area contributed by atoms with Crippen molar-refractivity contribution < 1.29 is 14.3 Å². The number of fused-ring (bicyclic) bond motifs is 1. The third-order valence-electron chi connectivity index (χ3n) is 4.34. The van der Waals surface area contributed by atoms with E-state index in [2.05, 4.69) is 10.4 Å². The Kier molecular flexibility index (Phi) is 5.40. The fourth-order valence-electron chi connectivity index (χ4n) is 2.92. The molecule has 1 unspecified atom stereocenters. The molecule has 2 aromatic carbocycles. The van der Waals surface area contributed by atoms with Crippen molar-refractivity contribution in [3.8, 4) is 11.5 Å². The zero-order valence-corrected chi connectivity index (χ0v) is 15.4. The largest absolute Gasteiger partial charge is 0.497 e. The number of amides is 1. The molecule has 0 bridgehead atoms. The summed E-state index contributed by atoms with van der Waals surface area (Å²) in [5.74, 6) is 0.967. The third kappa shape index (κ3) is 3.92. The molecule has 3 aromatic rings. The van der Waals surface area contributed by atoms with Gasteiger partial charge in [-0.2, -0.15) is 5.10 Å². The van der Waals surface area contributed by atoms with Crippen LogP contribution in [0.15, 0.2) is 53.5 Å². The standard InChI is InChI=1S/C20H21N3O4/c1-13(16-9-8-15(26-2)10-18(16)27-3)22-19(24)12-23-20(25)17-7-5-4-6-14(17)11-21-23/h4-11,13H,12H2,1-3H3,(H,22,24). The van der Waals surface area contributed by atoms with Gasteiger partial charge in [-0.1, -0.05) is 18.2 Å². The van der Waals surface area contributed by atoms with E-state index in [0.29, 0.717) is 16.9 Å². The number of nitrogens with one attached hydrogen (secondary N) is 1. The Balaban J connectivity index is 1.76. The van der Waals surface area contributed by atoms with Gasteiger partial charge in [-0.25, -0.2) is 4.68 Å². The molecule has 3 rings (SSSR count). The second-order valence-electron chi connectivity index (χ2n) is 6.09. The van der Waals surface area contributed by atoms with Crippen molar-refractivity contribution in [3.63, 3.8) is 0 Å². The maximum absolute atomic E-state index is 12.5. The molecule has 0 radical (unpaired) electrons. The van der Waals surface area contributed by atoms with Crippen molar-refractivity contribution in [3.05, 3.63) is 64.6 Å². The predicted octanol–water partition coefficient (Wildman–Crippen LogP) is 2.29. The molecule has 7 heteroatoms. The van der Waals surface area contributed by atoms with Gasteiger partial charge >= 0.3 is 0 Å². The predicted molar refractivity (Wildman–Crippen MR) is 102 cm³/mol. The number of carbonyl (C=O) groups is 1. The molecule has 0 aliphatic rings. The van der Waals surface area contributed by atoms with Crippen LogP contribution in [0.4, 0.5) is 0 Å². The Bertz CT molecular complexity index is 1030. The van der Waals surface area contributed by atoms with Crippen LogP contribution in [0, 0.1) is 0 Å². The number of ether oxygens (including phenoxy) is 2.